The fourth-order valence-electron chi connectivity index (χ4n) is 1.53. The molecule has 19 heavy (non-hydrogen) atoms. The van der Waals surface area contributed by atoms with Gasteiger partial charge < -0.3 is 15.2 Å². The van der Waals surface area contributed by atoms with Gasteiger partial charge in [-0.25, -0.2) is 4.79 Å². The van der Waals surface area contributed by atoms with Crippen molar-refractivity contribution in [3.8, 4) is 5.75 Å². The monoisotopic (exact) mass is 277 g/mol. The number of carbonyl (C=O) groups excluding carboxylic acids is 1. The van der Waals surface area contributed by atoms with Crippen molar-refractivity contribution >= 4 is 28.9 Å². The molecule has 1 amide bonds. The molecular weight excluding hydrogens is 266 g/mol. The molecule has 1 aromatic carbocycles. The summed E-state index contributed by atoms with van der Waals surface area (Å²) in [6.45, 7) is 0. The summed E-state index contributed by atoms with van der Waals surface area (Å²) >= 11 is 1.31. The lowest BCUT2D eigenvalue weighted by molar-refractivity contribution is 0.0696. The number of methoxy groups -OCH3 is 1. The van der Waals surface area contributed by atoms with Crippen molar-refractivity contribution in [2.45, 2.75) is 0 Å². The molecule has 98 valence electrons. The summed E-state index contributed by atoms with van der Waals surface area (Å²) < 4.78 is 5.09. The molecule has 0 saturated heterocycles. The van der Waals surface area contributed by atoms with Crippen LogP contribution in [0.5, 0.6) is 5.75 Å². The summed E-state index contributed by atoms with van der Waals surface area (Å²) in [6.07, 6.45) is 0. The number of thiophene rings is 1. The number of carboxylic acid groups (broad SMARTS) is 1. The van der Waals surface area contributed by atoms with E-state index < -0.39 is 5.97 Å². The molecule has 0 saturated carbocycles. The van der Waals surface area contributed by atoms with Crippen LogP contribution in [0.15, 0.2) is 35.7 Å². The van der Waals surface area contributed by atoms with Crippen molar-refractivity contribution in [2.75, 3.05) is 12.4 Å². The average molecular weight is 277 g/mol. The van der Waals surface area contributed by atoms with Crippen LogP contribution in [-0.4, -0.2) is 24.1 Å². The van der Waals surface area contributed by atoms with Crippen LogP contribution in [0, 0.1) is 0 Å². The summed E-state index contributed by atoms with van der Waals surface area (Å²) in [5.74, 6) is -0.944. The topological polar surface area (TPSA) is 75.6 Å². The molecule has 2 N–H and O–H groups in total. The lowest BCUT2D eigenvalue weighted by Gasteiger charge is -2.10. The summed E-state index contributed by atoms with van der Waals surface area (Å²) in [6, 6.07) is 7.75. The Morgan fingerprint density at radius 2 is 2.11 bits per heavy atom. The van der Waals surface area contributed by atoms with Gasteiger partial charge in [-0.15, -0.1) is 11.3 Å². The molecule has 0 aliphatic carbocycles. The number of amides is 1. The van der Waals surface area contributed by atoms with Crippen molar-refractivity contribution in [1.82, 2.24) is 0 Å². The van der Waals surface area contributed by atoms with E-state index in [2.05, 4.69) is 5.32 Å². The Kier molecular flexibility index (Phi) is 3.82. The summed E-state index contributed by atoms with van der Waals surface area (Å²) in [4.78, 5) is 23.4. The molecule has 0 spiro atoms. The first-order valence-corrected chi connectivity index (χ1v) is 6.26. The second-order valence-corrected chi connectivity index (χ2v) is 4.60. The molecule has 0 radical (unpaired) electrons. The van der Waals surface area contributed by atoms with Crippen molar-refractivity contribution in [3.05, 3.63) is 46.2 Å². The van der Waals surface area contributed by atoms with Gasteiger partial charge in [0.05, 0.1) is 23.2 Å². The molecular formula is C13H11NO4S. The number of ether oxygens (including phenoxy) is 1. The second kappa shape index (κ2) is 5.53. The number of rotatable bonds is 4. The van der Waals surface area contributed by atoms with Crippen LogP contribution < -0.4 is 10.1 Å². The molecule has 0 bridgehead atoms. The SMILES string of the molecule is COc1ccc(C(=O)O)cc1NC(=O)c1cccs1. The smallest absolute Gasteiger partial charge is 0.335 e. The third-order valence-electron chi connectivity index (χ3n) is 2.44. The molecule has 1 heterocycles. The normalized spacial score (nSPS) is 9.95. The maximum atomic E-state index is 11.9. The molecule has 5 nitrogen and oxygen atoms in total. The fourth-order valence-corrected chi connectivity index (χ4v) is 2.15. The maximum absolute atomic E-state index is 11.9. The number of benzene rings is 1. The zero-order valence-corrected chi connectivity index (χ0v) is 10.9. The van der Waals surface area contributed by atoms with Gasteiger partial charge in [0.15, 0.2) is 0 Å². The van der Waals surface area contributed by atoms with Crippen molar-refractivity contribution in [2.24, 2.45) is 0 Å². The fraction of sp³-hybridized carbons (Fsp3) is 0.0769. The number of carboxylic acids is 1. The Balaban J connectivity index is 2.30. The van der Waals surface area contributed by atoms with Crippen LogP contribution in [-0.2, 0) is 0 Å². The van der Waals surface area contributed by atoms with Crippen molar-refractivity contribution < 1.29 is 19.4 Å². The highest BCUT2D eigenvalue weighted by atomic mass is 32.1. The van der Waals surface area contributed by atoms with E-state index in [1.807, 2.05) is 0 Å². The molecule has 6 heteroatoms. The molecule has 0 aliphatic heterocycles. The minimum atomic E-state index is -1.06. The van der Waals surface area contributed by atoms with E-state index in [9.17, 15) is 9.59 Å². The summed E-state index contributed by atoms with van der Waals surface area (Å²) in [5, 5.41) is 13.4. The van der Waals surface area contributed by atoms with Crippen LogP contribution in [0.4, 0.5) is 5.69 Å². The molecule has 0 unspecified atom stereocenters. The van der Waals surface area contributed by atoms with Gasteiger partial charge >= 0.3 is 5.97 Å². The molecule has 2 aromatic rings. The zero-order valence-electron chi connectivity index (χ0n) is 10.0. The minimum absolute atomic E-state index is 0.0854. The maximum Gasteiger partial charge on any atom is 0.335 e. The van der Waals surface area contributed by atoms with Gasteiger partial charge in [-0.1, -0.05) is 6.07 Å². The highest BCUT2D eigenvalue weighted by Crippen LogP contribution is 2.26. The van der Waals surface area contributed by atoms with E-state index in [1.165, 1.54) is 36.6 Å². The van der Waals surface area contributed by atoms with Gasteiger partial charge in [0.2, 0.25) is 0 Å². The van der Waals surface area contributed by atoms with Gasteiger partial charge in [-0.2, -0.15) is 0 Å². The van der Waals surface area contributed by atoms with E-state index in [-0.39, 0.29) is 11.5 Å². The Bertz CT molecular complexity index is 607. The zero-order chi connectivity index (χ0) is 13.8. The molecule has 0 fully saturated rings. The predicted molar refractivity (Wildman–Crippen MR) is 72.2 cm³/mol. The van der Waals surface area contributed by atoms with Crippen LogP contribution in [0.1, 0.15) is 20.0 Å². The molecule has 0 aliphatic rings. The highest BCUT2D eigenvalue weighted by Gasteiger charge is 2.13. The van der Waals surface area contributed by atoms with Crippen LogP contribution >= 0.6 is 11.3 Å². The third kappa shape index (κ3) is 2.92. The summed E-state index contributed by atoms with van der Waals surface area (Å²) in [7, 11) is 1.45. The summed E-state index contributed by atoms with van der Waals surface area (Å²) in [5.41, 5.74) is 0.420. The average Bonchev–Trinajstić information content (AvgIpc) is 2.92. The van der Waals surface area contributed by atoms with Gasteiger partial charge in [0.25, 0.3) is 5.91 Å². The number of hydrogen-bond donors (Lipinski definition) is 2. The van der Waals surface area contributed by atoms with Crippen LogP contribution in [0.3, 0.4) is 0 Å². The Morgan fingerprint density at radius 1 is 1.32 bits per heavy atom. The van der Waals surface area contributed by atoms with Gasteiger partial charge in [0, 0.05) is 0 Å². The minimum Gasteiger partial charge on any atom is -0.495 e. The third-order valence-corrected chi connectivity index (χ3v) is 3.31. The lowest BCUT2D eigenvalue weighted by atomic mass is 10.2. The van der Waals surface area contributed by atoms with E-state index in [1.54, 1.807) is 17.5 Å². The Morgan fingerprint density at radius 3 is 2.68 bits per heavy atom. The standard InChI is InChI=1S/C13H11NO4S/c1-18-10-5-4-8(13(16)17)7-9(10)14-12(15)11-3-2-6-19-11/h2-7H,1H3,(H,14,15)(H,16,17). The number of anilines is 1. The lowest BCUT2D eigenvalue weighted by Crippen LogP contribution is -2.12. The quantitative estimate of drug-likeness (QED) is 0.901. The van der Waals surface area contributed by atoms with Crippen molar-refractivity contribution in [3.63, 3.8) is 0 Å². The first-order valence-electron chi connectivity index (χ1n) is 5.38. The first kappa shape index (κ1) is 13.1. The molecule has 1 aromatic heterocycles. The van der Waals surface area contributed by atoms with E-state index in [4.69, 9.17) is 9.84 Å². The van der Waals surface area contributed by atoms with Crippen molar-refractivity contribution in [1.29, 1.82) is 0 Å². The molecule has 2 rings (SSSR count). The molecule has 0 atom stereocenters. The van der Waals surface area contributed by atoms with E-state index >= 15 is 0 Å². The van der Waals surface area contributed by atoms with E-state index in [0.29, 0.717) is 16.3 Å². The highest BCUT2D eigenvalue weighted by molar-refractivity contribution is 7.12. The Hall–Kier alpha value is -2.34. The van der Waals surface area contributed by atoms with E-state index in [0.717, 1.165) is 0 Å². The predicted octanol–water partition coefficient (Wildman–Crippen LogP) is 2.71. The number of aromatic carboxylic acids is 1. The number of hydrogen-bond acceptors (Lipinski definition) is 4. The van der Waals surface area contributed by atoms with Gasteiger partial charge in [-0.05, 0) is 29.6 Å². The Labute approximate surface area is 113 Å². The number of carbonyl (C=O) groups is 2. The van der Waals surface area contributed by atoms with Crippen LogP contribution in [0.25, 0.3) is 0 Å². The second-order valence-electron chi connectivity index (χ2n) is 3.65. The van der Waals surface area contributed by atoms with Crippen LogP contribution in [0.2, 0.25) is 0 Å². The largest absolute Gasteiger partial charge is 0.495 e. The number of nitrogens with one attached hydrogen (secondary N) is 1. The first-order chi connectivity index (χ1) is 9.11. The van der Waals surface area contributed by atoms with Gasteiger partial charge in [-0.3, -0.25) is 4.79 Å². The van der Waals surface area contributed by atoms with Gasteiger partial charge in [0.1, 0.15) is 5.75 Å².